The molecule has 1 aliphatic heterocycles. The van der Waals surface area contributed by atoms with Crippen molar-refractivity contribution < 1.29 is 18.7 Å². The van der Waals surface area contributed by atoms with Crippen molar-refractivity contribution in [2.75, 3.05) is 12.4 Å². The van der Waals surface area contributed by atoms with Crippen LogP contribution in [-0.2, 0) is 11.4 Å². The predicted molar refractivity (Wildman–Crippen MR) is 194 cm³/mol. The standard InChI is InChI=1S/C35H26FI2N3O4S/c1-20-30(33(42)40-24-11-4-3-5-12-24)31(22-10-8-13-25(18-22)44-2)41-34(43)29(46-35(41)39-20)17-21-15-27(37)32(28(38)16-21)45-19-23-9-6-7-14-26(23)36/h3-18,31H,19H2,1-2H3,(H,40,42)/b29-17-/t31-/m1/s1. The molecule has 1 aromatic heterocycles. The van der Waals surface area contributed by atoms with Crippen LogP contribution < -0.4 is 29.7 Å². The Morgan fingerprint density at radius 3 is 2.46 bits per heavy atom. The van der Waals surface area contributed by atoms with Crippen molar-refractivity contribution in [3.63, 3.8) is 0 Å². The van der Waals surface area contributed by atoms with Crippen molar-refractivity contribution in [3.05, 3.63) is 152 Å². The number of allylic oxidation sites excluding steroid dienone is 1. The molecular weight excluding hydrogens is 831 g/mol. The summed E-state index contributed by atoms with van der Waals surface area (Å²) in [7, 11) is 1.58. The van der Waals surface area contributed by atoms with Crippen molar-refractivity contribution in [2.24, 2.45) is 4.99 Å². The van der Waals surface area contributed by atoms with Crippen LogP contribution in [0.2, 0.25) is 0 Å². The molecule has 232 valence electrons. The van der Waals surface area contributed by atoms with Crippen LogP contribution in [0.1, 0.15) is 29.7 Å². The van der Waals surface area contributed by atoms with Crippen molar-refractivity contribution in [2.45, 2.75) is 19.6 Å². The van der Waals surface area contributed by atoms with E-state index in [0.717, 1.165) is 18.3 Å². The van der Waals surface area contributed by atoms with Gasteiger partial charge in [-0.15, -0.1) is 0 Å². The number of benzene rings is 4. The third kappa shape index (κ3) is 6.67. The molecule has 0 bridgehead atoms. The molecule has 1 aliphatic rings. The van der Waals surface area contributed by atoms with Gasteiger partial charge in [0.2, 0.25) is 0 Å². The van der Waals surface area contributed by atoms with Gasteiger partial charge in [-0.25, -0.2) is 9.38 Å². The maximum absolute atomic E-state index is 14.1. The zero-order valence-electron chi connectivity index (χ0n) is 24.6. The first-order valence-corrected chi connectivity index (χ1v) is 17.1. The van der Waals surface area contributed by atoms with Crippen LogP contribution in [0.5, 0.6) is 11.5 Å². The van der Waals surface area contributed by atoms with E-state index in [-0.39, 0.29) is 23.9 Å². The molecule has 1 amide bonds. The first-order valence-electron chi connectivity index (χ1n) is 14.1. The summed E-state index contributed by atoms with van der Waals surface area (Å²) in [6.07, 6.45) is 1.82. The van der Waals surface area contributed by atoms with Crippen molar-refractivity contribution in [3.8, 4) is 11.5 Å². The van der Waals surface area contributed by atoms with Gasteiger partial charge in [0.15, 0.2) is 4.80 Å². The highest BCUT2D eigenvalue weighted by molar-refractivity contribution is 14.1. The van der Waals surface area contributed by atoms with Gasteiger partial charge in [-0.3, -0.25) is 14.2 Å². The molecule has 0 spiro atoms. The summed E-state index contributed by atoms with van der Waals surface area (Å²) in [5.41, 5.74) is 3.26. The highest BCUT2D eigenvalue weighted by Crippen LogP contribution is 2.33. The van der Waals surface area contributed by atoms with E-state index in [1.807, 2.05) is 72.8 Å². The number of hydrogen-bond donors (Lipinski definition) is 1. The third-order valence-electron chi connectivity index (χ3n) is 7.36. The number of amides is 1. The van der Waals surface area contributed by atoms with Crippen LogP contribution in [0.4, 0.5) is 10.1 Å². The van der Waals surface area contributed by atoms with Gasteiger partial charge in [0, 0.05) is 11.3 Å². The number of hydrogen-bond acceptors (Lipinski definition) is 6. The van der Waals surface area contributed by atoms with E-state index in [1.54, 1.807) is 36.8 Å². The van der Waals surface area contributed by atoms with Gasteiger partial charge >= 0.3 is 0 Å². The molecule has 5 aromatic rings. The predicted octanol–water partition coefficient (Wildman–Crippen LogP) is 6.81. The SMILES string of the molecule is COc1cccc([C@@H]2C(C(=O)Nc3ccccc3)=C(C)N=c3s/c(=C\c4cc(I)c(OCc5ccccc5F)c(I)c4)c(=O)n32)c1. The largest absolute Gasteiger partial charge is 0.497 e. The lowest BCUT2D eigenvalue weighted by molar-refractivity contribution is -0.113. The van der Waals surface area contributed by atoms with Crippen LogP contribution in [0.3, 0.4) is 0 Å². The second kappa shape index (κ2) is 13.9. The molecule has 7 nitrogen and oxygen atoms in total. The lowest BCUT2D eigenvalue weighted by Crippen LogP contribution is -2.40. The minimum absolute atomic E-state index is 0.0976. The van der Waals surface area contributed by atoms with Gasteiger partial charge in [-0.05, 0) is 112 Å². The lowest BCUT2D eigenvalue weighted by atomic mass is 9.95. The maximum atomic E-state index is 14.1. The van der Waals surface area contributed by atoms with E-state index in [1.165, 1.54) is 17.4 Å². The fourth-order valence-electron chi connectivity index (χ4n) is 5.18. The highest BCUT2D eigenvalue weighted by Gasteiger charge is 2.32. The zero-order chi connectivity index (χ0) is 32.4. The number of methoxy groups -OCH3 is 1. The van der Waals surface area contributed by atoms with Gasteiger partial charge < -0.3 is 14.8 Å². The van der Waals surface area contributed by atoms with Crippen LogP contribution in [0, 0.1) is 13.0 Å². The summed E-state index contributed by atoms with van der Waals surface area (Å²) >= 11 is 5.64. The van der Waals surface area contributed by atoms with Crippen molar-refractivity contribution >= 4 is 74.2 Å². The molecule has 0 radical (unpaired) electrons. The highest BCUT2D eigenvalue weighted by atomic mass is 127. The van der Waals surface area contributed by atoms with Gasteiger partial charge in [0.05, 0.1) is 36.1 Å². The fraction of sp³-hybridized carbons (Fsp3) is 0.114. The molecule has 1 N–H and O–H groups in total. The van der Waals surface area contributed by atoms with Gasteiger partial charge in [-0.2, -0.15) is 0 Å². The Morgan fingerprint density at radius 1 is 1.02 bits per heavy atom. The summed E-state index contributed by atoms with van der Waals surface area (Å²) in [6, 6.07) is 26.2. The Bertz CT molecular complexity index is 2160. The summed E-state index contributed by atoms with van der Waals surface area (Å²) in [6.45, 7) is 1.88. The minimum atomic E-state index is -0.730. The topological polar surface area (TPSA) is 81.9 Å². The molecule has 0 aliphatic carbocycles. The van der Waals surface area contributed by atoms with E-state index >= 15 is 0 Å². The number of halogens is 3. The van der Waals surface area contributed by atoms with E-state index in [9.17, 15) is 14.0 Å². The van der Waals surface area contributed by atoms with Gasteiger partial charge in [0.1, 0.15) is 23.9 Å². The molecule has 1 atom stereocenters. The summed E-state index contributed by atoms with van der Waals surface area (Å²) in [4.78, 5) is 33.2. The smallest absolute Gasteiger partial charge is 0.271 e. The number of carbonyl (C=O) groups excluding carboxylic acids is 1. The van der Waals surface area contributed by atoms with Crippen molar-refractivity contribution in [1.29, 1.82) is 0 Å². The van der Waals surface area contributed by atoms with Crippen molar-refractivity contribution in [1.82, 2.24) is 4.57 Å². The first-order chi connectivity index (χ1) is 22.2. The minimum Gasteiger partial charge on any atom is -0.497 e. The Kier molecular flexibility index (Phi) is 9.70. The second-order valence-corrected chi connectivity index (χ2v) is 13.7. The number of para-hydroxylation sites is 1. The summed E-state index contributed by atoms with van der Waals surface area (Å²) < 4.78 is 29.3. The number of nitrogens with one attached hydrogen (secondary N) is 1. The summed E-state index contributed by atoms with van der Waals surface area (Å²) in [5.74, 6) is 0.594. The number of fused-ring (bicyclic) bond motifs is 1. The zero-order valence-corrected chi connectivity index (χ0v) is 29.7. The normalized spacial score (nSPS) is 14.5. The van der Waals surface area contributed by atoms with Gasteiger partial charge in [-0.1, -0.05) is 59.9 Å². The maximum Gasteiger partial charge on any atom is 0.271 e. The fourth-order valence-corrected chi connectivity index (χ4v) is 8.35. The Balaban J connectivity index is 1.40. The molecule has 6 rings (SSSR count). The first kappa shape index (κ1) is 32.1. The third-order valence-corrected chi connectivity index (χ3v) is 9.94. The summed E-state index contributed by atoms with van der Waals surface area (Å²) in [5, 5.41) is 2.97. The molecule has 0 unspecified atom stereocenters. The average molecular weight is 857 g/mol. The van der Waals surface area contributed by atoms with Crippen LogP contribution in [-0.4, -0.2) is 17.6 Å². The number of thiazole rings is 1. The Hall–Kier alpha value is -3.82. The number of anilines is 1. The molecule has 0 saturated carbocycles. The molecule has 0 saturated heterocycles. The van der Waals surface area contributed by atoms with Gasteiger partial charge in [0.25, 0.3) is 11.5 Å². The van der Waals surface area contributed by atoms with Crippen LogP contribution >= 0.6 is 56.5 Å². The lowest BCUT2D eigenvalue weighted by Gasteiger charge is -2.25. The quantitative estimate of drug-likeness (QED) is 0.174. The Labute approximate surface area is 295 Å². The van der Waals surface area contributed by atoms with E-state index in [2.05, 4.69) is 50.5 Å². The molecule has 4 aromatic carbocycles. The average Bonchev–Trinajstić information content (AvgIpc) is 3.34. The van der Waals surface area contributed by atoms with E-state index in [0.29, 0.717) is 43.4 Å². The van der Waals surface area contributed by atoms with E-state index < -0.39 is 6.04 Å². The monoisotopic (exact) mass is 857 g/mol. The molecular formula is C35H26FI2N3O4S. The van der Waals surface area contributed by atoms with Crippen LogP contribution in [0.25, 0.3) is 6.08 Å². The van der Waals surface area contributed by atoms with Crippen LogP contribution in [0.15, 0.2) is 112 Å². The second-order valence-electron chi connectivity index (χ2n) is 10.4. The number of nitrogens with zero attached hydrogens (tertiary/aromatic N) is 2. The molecule has 11 heteroatoms. The molecule has 46 heavy (non-hydrogen) atoms. The van der Waals surface area contributed by atoms with E-state index in [4.69, 9.17) is 14.5 Å². The number of aromatic nitrogens is 1. The molecule has 2 heterocycles. The molecule has 0 fully saturated rings. The number of carbonyl (C=O) groups is 1. The number of rotatable bonds is 8. The Morgan fingerprint density at radius 2 is 1.74 bits per heavy atom. The number of ether oxygens (including phenoxy) is 2.